The highest BCUT2D eigenvalue weighted by Crippen LogP contribution is 2.11. The van der Waals surface area contributed by atoms with Gasteiger partial charge in [0.05, 0.1) is 19.6 Å². The zero-order chi connectivity index (χ0) is 24.2. The molecule has 33 heavy (non-hydrogen) atoms. The lowest BCUT2D eigenvalue weighted by molar-refractivity contribution is -0.143. The Kier molecular flexibility index (Phi) is 16.6. The third-order valence-corrected chi connectivity index (χ3v) is 5.71. The van der Waals surface area contributed by atoms with Gasteiger partial charge in [0.1, 0.15) is 0 Å². The average Bonchev–Trinajstić information content (AvgIpc) is 2.78. The number of hydrogen-bond donors (Lipinski definition) is 3. The maximum absolute atomic E-state index is 12.6. The molecule has 8 heteroatoms. The number of urea groups is 1. The molecule has 2 amide bonds. The van der Waals surface area contributed by atoms with Gasteiger partial charge in [-0.3, -0.25) is 15.1 Å². The standard InChI is InChI=1S/C25H45N5O3/c1-2-3-10-15-22(26)16-11-7-5-4-6-8-12-19-30-20-13-9-14-21-33-23(31)17-18-28-24(27)29-25(30)32/h2-3,26H,4-21H2,1H3,(H3,27,28,29,32)/b3-2+,26-22?. The van der Waals surface area contributed by atoms with Gasteiger partial charge in [-0.05, 0) is 58.3 Å². The van der Waals surface area contributed by atoms with E-state index in [9.17, 15) is 9.59 Å². The monoisotopic (exact) mass is 463 g/mol. The van der Waals surface area contributed by atoms with Gasteiger partial charge in [-0.15, -0.1) is 0 Å². The highest BCUT2D eigenvalue weighted by Gasteiger charge is 2.14. The van der Waals surface area contributed by atoms with Crippen molar-refractivity contribution in [2.75, 3.05) is 26.2 Å². The van der Waals surface area contributed by atoms with Crippen LogP contribution in [0.4, 0.5) is 4.79 Å². The largest absolute Gasteiger partial charge is 0.466 e. The molecule has 1 rings (SSSR count). The van der Waals surface area contributed by atoms with Crippen molar-refractivity contribution < 1.29 is 14.3 Å². The molecule has 0 radical (unpaired) electrons. The second kappa shape index (κ2) is 19.1. The molecular formula is C25H45N5O3. The van der Waals surface area contributed by atoms with Crippen LogP contribution in [0.5, 0.6) is 0 Å². The fourth-order valence-electron chi connectivity index (χ4n) is 3.72. The topological polar surface area (TPSA) is 121 Å². The highest BCUT2D eigenvalue weighted by atomic mass is 16.5. The number of allylic oxidation sites excluding steroid dienone is 2. The molecule has 188 valence electrons. The number of nitrogens with two attached hydrogens (primary N) is 1. The van der Waals surface area contributed by atoms with E-state index in [0.717, 1.165) is 63.5 Å². The third-order valence-electron chi connectivity index (χ3n) is 5.71. The second-order valence-electron chi connectivity index (χ2n) is 8.65. The van der Waals surface area contributed by atoms with Crippen molar-refractivity contribution in [1.29, 1.82) is 5.41 Å². The van der Waals surface area contributed by atoms with Crippen molar-refractivity contribution in [2.24, 2.45) is 10.7 Å². The summed E-state index contributed by atoms with van der Waals surface area (Å²) in [7, 11) is 0. The van der Waals surface area contributed by atoms with E-state index in [4.69, 9.17) is 15.9 Å². The van der Waals surface area contributed by atoms with Crippen LogP contribution < -0.4 is 11.1 Å². The number of rotatable bonds is 13. The zero-order valence-corrected chi connectivity index (χ0v) is 20.6. The van der Waals surface area contributed by atoms with Gasteiger partial charge in [0.15, 0.2) is 5.96 Å². The molecule has 0 bridgehead atoms. The number of guanidine groups is 1. The first kappa shape index (κ1) is 28.7. The molecule has 0 aliphatic carbocycles. The summed E-state index contributed by atoms with van der Waals surface area (Å²) in [5.74, 6) is -0.235. The lowest BCUT2D eigenvalue weighted by Crippen LogP contribution is -2.46. The van der Waals surface area contributed by atoms with Crippen LogP contribution in [0, 0.1) is 5.41 Å². The van der Waals surface area contributed by atoms with Gasteiger partial charge < -0.3 is 20.8 Å². The minimum Gasteiger partial charge on any atom is -0.466 e. The summed E-state index contributed by atoms with van der Waals surface area (Å²) in [6.07, 6.45) is 17.7. The van der Waals surface area contributed by atoms with E-state index in [0.29, 0.717) is 19.7 Å². The molecule has 0 spiro atoms. The Bertz CT molecular complexity index is 634. The Morgan fingerprint density at radius 3 is 2.58 bits per heavy atom. The number of aliphatic imine (C=N–C) groups is 1. The van der Waals surface area contributed by atoms with Crippen LogP contribution in [0.25, 0.3) is 0 Å². The van der Waals surface area contributed by atoms with Gasteiger partial charge in [0.25, 0.3) is 0 Å². The number of nitrogens with one attached hydrogen (secondary N) is 2. The van der Waals surface area contributed by atoms with E-state index in [1.165, 1.54) is 25.7 Å². The predicted molar refractivity (Wildman–Crippen MR) is 135 cm³/mol. The Hall–Kier alpha value is -2.38. The molecule has 0 saturated heterocycles. The third kappa shape index (κ3) is 16.0. The van der Waals surface area contributed by atoms with E-state index in [1.807, 2.05) is 17.9 Å². The van der Waals surface area contributed by atoms with Crippen molar-refractivity contribution >= 4 is 23.7 Å². The number of carbonyl (C=O) groups excluding carboxylic acids is 2. The first-order chi connectivity index (χ1) is 16.0. The summed E-state index contributed by atoms with van der Waals surface area (Å²) < 4.78 is 5.17. The van der Waals surface area contributed by atoms with Gasteiger partial charge >= 0.3 is 12.0 Å². The van der Waals surface area contributed by atoms with Gasteiger partial charge in [-0.1, -0.05) is 44.3 Å². The van der Waals surface area contributed by atoms with Crippen LogP contribution in [0.2, 0.25) is 0 Å². The molecule has 0 saturated carbocycles. The lowest BCUT2D eigenvalue weighted by atomic mass is 10.0. The SMILES string of the molecule is C/C=C/CCC(=N)CCCCCCCCCN1CCCCCOC(=O)CCN=C(N)NC1=O. The summed E-state index contributed by atoms with van der Waals surface area (Å²) in [5.41, 5.74) is 6.66. The molecule has 1 heterocycles. The normalized spacial score (nSPS) is 16.8. The summed E-state index contributed by atoms with van der Waals surface area (Å²) >= 11 is 0. The summed E-state index contributed by atoms with van der Waals surface area (Å²) in [4.78, 5) is 30.0. The predicted octanol–water partition coefficient (Wildman–Crippen LogP) is 4.93. The van der Waals surface area contributed by atoms with Gasteiger partial charge in [0, 0.05) is 18.8 Å². The maximum atomic E-state index is 12.6. The summed E-state index contributed by atoms with van der Waals surface area (Å²) in [6, 6.07) is -0.215. The molecule has 4 N–H and O–H groups in total. The van der Waals surface area contributed by atoms with Crippen molar-refractivity contribution in [2.45, 2.75) is 96.8 Å². The van der Waals surface area contributed by atoms with Crippen LogP contribution >= 0.6 is 0 Å². The molecule has 1 aliphatic rings. The number of cyclic esters (lactones) is 1. The Labute approximate surface area is 199 Å². The van der Waals surface area contributed by atoms with Crippen LogP contribution in [0.1, 0.15) is 96.8 Å². The van der Waals surface area contributed by atoms with E-state index >= 15 is 0 Å². The van der Waals surface area contributed by atoms with Crippen LogP contribution in [0.15, 0.2) is 17.1 Å². The summed E-state index contributed by atoms with van der Waals surface area (Å²) in [5, 5.41) is 10.6. The molecule has 0 aromatic heterocycles. The number of esters is 1. The average molecular weight is 464 g/mol. The fraction of sp³-hybridized carbons (Fsp3) is 0.760. The molecular weight excluding hydrogens is 418 g/mol. The van der Waals surface area contributed by atoms with Gasteiger partial charge in [0.2, 0.25) is 0 Å². The fourth-order valence-corrected chi connectivity index (χ4v) is 3.72. The van der Waals surface area contributed by atoms with Crippen LogP contribution in [0.3, 0.4) is 0 Å². The number of unbranched alkanes of at least 4 members (excludes halogenated alkanes) is 6. The molecule has 8 nitrogen and oxygen atoms in total. The van der Waals surface area contributed by atoms with Crippen molar-refractivity contribution in [3.63, 3.8) is 0 Å². The summed E-state index contributed by atoms with van der Waals surface area (Å²) in [6.45, 7) is 4.01. The Morgan fingerprint density at radius 2 is 1.82 bits per heavy atom. The van der Waals surface area contributed by atoms with E-state index in [2.05, 4.69) is 16.4 Å². The smallest absolute Gasteiger partial charge is 0.324 e. The van der Waals surface area contributed by atoms with E-state index < -0.39 is 0 Å². The van der Waals surface area contributed by atoms with E-state index in [1.54, 1.807) is 0 Å². The Balaban J connectivity index is 2.22. The minimum atomic E-state index is -0.281. The van der Waals surface area contributed by atoms with Gasteiger partial charge in [-0.25, -0.2) is 4.79 Å². The maximum Gasteiger partial charge on any atom is 0.324 e. The number of nitrogens with zero attached hydrogens (tertiary/aromatic N) is 2. The number of hydrogen-bond acceptors (Lipinski definition) is 6. The van der Waals surface area contributed by atoms with Crippen LogP contribution in [-0.2, 0) is 9.53 Å². The number of ether oxygens (including phenoxy) is 1. The minimum absolute atomic E-state index is 0.0461. The van der Waals surface area contributed by atoms with E-state index in [-0.39, 0.29) is 30.9 Å². The zero-order valence-electron chi connectivity index (χ0n) is 20.6. The lowest BCUT2D eigenvalue weighted by Gasteiger charge is -2.23. The molecule has 0 atom stereocenters. The first-order valence-electron chi connectivity index (χ1n) is 12.7. The molecule has 0 aromatic carbocycles. The van der Waals surface area contributed by atoms with Crippen molar-refractivity contribution in [3.05, 3.63) is 12.2 Å². The number of carbonyl (C=O) groups is 2. The van der Waals surface area contributed by atoms with Gasteiger partial charge in [-0.2, -0.15) is 0 Å². The van der Waals surface area contributed by atoms with Crippen molar-refractivity contribution in [3.8, 4) is 0 Å². The molecule has 1 aliphatic heterocycles. The van der Waals surface area contributed by atoms with Crippen LogP contribution in [-0.4, -0.2) is 54.8 Å². The molecule has 0 fully saturated rings. The highest BCUT2D eigenvalue weighted by molar-refractivity contribution is 5.95. The van der Waals surface area contributed by atoms with Crippen molar-refractivity contribution in [1.82, 2.24) is 10.2 Å². The second-order valence-corrected chi connectivity index (χ2v) is 8.65. The molecule has 0 unspecified atom stereocenters. The quantitative estimate of drug-likeness (QED) is 0.155. The number of amides is 2. The Morgan fingerprint density at radius 1 is 1.09 bits per heavy atom. The first-order valence-corrected chi connectivity index (χ1v) is 12.7. The molecule has 0 aromatic rings.